The Balaban J connectivity index is 1.95. The van der Waals surface area contributed by atoms with Crippen LogP contribution in [0.4, 0.5) is 0 Å². The molecule has 0 unspecified atom stereocenters. The van der Waals surface area contributed by atoms with Crippen molar-refractivity contribution in [3.05, 3.63) is 23.7 Å². The van der Waals surface area contributed by atoms with E-state index in [1.54, 1.807) is 0 Å². The van der Waals surface area contributed by atoms with Crippen LogP contribution < -0.4 is 5.32 Å². The van der Waals surface area contributed by atoms with E-state index in [0.717, 1.165) is 12.8 Å². The molecule has 1 fully saturated rings. The zero-order chi connectivity index (χ0) is 11.7. The van der Waals surface area contributed by atoms with E-state index in [1.807, 2.05) is 0 Å². The lowest BCUT2D eigenvalue weighted by Gasteiger charge is -2.32. The Morgan fingerprint density at radius 2 is 2.00 bits per heavy atom. The van der Waals surface area contributed by atoms with Crippen LogP contribution in [-0.4, -0.2) is 23.0 Å². The van der Waals surface area contributed by atoms with Gasteiger partial charge in [0.1, 0.15) is 0 Å². The Kier molecular flexibility index (Phi) is 2.68. The van der Waals surface area contributed by atoms with E-state index in [2.05, 4.69) is 12.2 Å². The molecular weight excluding hydrogens is 210 g/mol. The van der Waals surface area contributed by atoms with Crippen molar-refractivity contribution in [2.24, 2.45) is 5.92 Å². The highest BCUT2D eigenvalue weighted by molar-refractivity contribution is 5.93. The van der Waals surface area contributed by atoms with Gasteiger partial charge in [-0.05, 0) is 30.9 Å². The summed E-state index contributed by atoms with van der Waals surface area (Å²) in [5.41, 5.74) is 0. The van der Waals surface area contributed by atoms with Crippen LogP contribution in [0.25, 0.3) is 0 Å². The summed E-state index contributed by atoms with van der Waals surface area (Å²) in [7, 11) is 0. The molecule has 1 amide bonds. The molecule has 0 atom stereocenters. The SMILES string of the molecule is CC1CC(NC(=O)c2ccc(C(=O)O)o2)C1. The van der Waals surface area contributed by atoms with Crippen molar-refractivity contribution >= 4 is 11.9 Å². The minimum atomic E-state index is -1.17. The Morgan fingerprint density at radius 3 is 2.50 bits per heavy atom. The lowest BCUT2D eigenvalue weighted by atomic mass is 9.82. The van der Waals surface area contributed by atoms with Crippen molar-refractivity contribution in [3.63, 3.8) is 0 Å². The van der Waals surface area contributed by atoms with E-state index < -0.39 is 5.97 Å². The van der Waals surface area contributed by atoms with Crippen LogP contribution in [0, 0.1) is 5.92 Å². The van der Waals surface area contributed by atoms with Crippen molar-refractivity contribution < 1.29 is 19.1 Å². The Hall–Kier alpha value is -1.78. The minimum Gasteiger partial charge on any atom is -0.475 e. The van der Waals surface area contributed by atoms with Gasteiger partial charge in [-0.25, -0.2) is 4.79 Å². The maximum Gasteiger partial charge on any atom is 0.371 e. The van der Waals surface area contributed by atoms with Crippen LogP contribution in [-0.2, 0) is 0 Å². The van der Waals surface area contributed by atoms with Gasteiger partial charge in [-0.1, -0.05) is 6.92 Å². The second-order valence-electron chi connectivity index (χ2n) is 4.22. The van der Waals surface area contributed by atoms with Crippen molar-refractivity contribution in [1.82, 2.24) is 5.32 Å². The summed E-state index contributed by atoms with van der Waals surface area (Å²) < 4.78 is 4.89. The number of rotatable bonds is 3. The van der Waals surface area contributed by atoms with Crippen LogP contribution in [0.5, 0.6) is 0 Å². The first-order chi connectivity index (χ1) is 7.56. The van der Waals surface area contributed by atoms with Crippen molar-refractivity contribution in [1.29, 1.82) is 0 Å². The normalized spacial score (nSPS) is 23.6. The molecule has 16 heavy (non-hydrogen) atoms. The van der Waals surface area contributed by atoms with E-state index in [0.29, 0.717) is 5.92 Å². The number of carbonyl (C=O) groups is 2. The van der Waals surface area contributed by atoms with Gasteiger partial charge >= 0.3 is 5.97 Å². The quantitative estimate of drug-likeness (QED) is 0.813. The molecule has 1 heterocycles. The highest BCUT2D eigenvalue weighted by Gasteiger charge is 2.27. The molecule has 0 radical (unpaired) electrons. The average Bonchev–Trinajstić information content (AvgIpc) is 2.63. The molecule has 1 aliphatic carbocycles. The molecule has 86 valence electrons. The van der Waals surface area contributed by atoms with Crippen LogP contribution in [0.15, 0.2) is 16.5 Å². The van der Waals surface area contributed by atoms with Gasteiger partial charge in [0.25, 0.3) is 5.91 Å². The lowest BCUT2D eigenvalue weighted by molar-refractivity contribution is 0.0659. The fourth-order valence-electron chi connectivity index (χ4n) is 1.85. The molecule has 1 aromatic rings. The number of nitrogens with one attached hydrogen (secondary N) is 1. The van der Waals surface area contributed by atoms with Gasteiger partial charge in [0.2, 0.25) is 5.76 Å². The number of amides is 1. The van der Waals surface area contributed by atoms with Gasteiger partial charge in [0.15, 0.2) is 5.76 Å². The second kappa shape index (κ2) is 4.00. The zero-order valence-electron chi connectivity index (χ0n) is 8.90. The number of carboxylic acids is 1. The number of hydrogen-bond acceptors (Lipinski definition) is 3. The van der Waals surface area contributed by atoms with Gasteiger partial charge in [-0.2, -0.15) is 0 Å². The Morgan fingerprint density at radius 1 is 1.38 bits per heavy atom. The first kappa shape index (κ1) is 10.7. The summed E-state index contributed by atoms with van der Waals surface area (Å²) in [6.07, 6.45) is 1.94. The zero-order valence-corrected chi connectivity index (χ0v) is 8.90. The fourth-order valence-corrected chi connectivity index (χ4v) is 1.85. The number of carbonyl (C=O) groups excluding carboxylic acids is 1. The average molecular weight is 223 g/mol. The third-order valence-electron chi connectivity index (χ3n) is 2.75. The van der Waals surface area contributed by atoms with Crippen LogP contribution in [0.3, 0.4) is 0 Å². The highest BCUT2D eigenvalue weighted by atomic mass is 16.4. The van der Waals surface area contributed by atoms with Gasteiger partial charge in [0.05, 0.1) is 0 Å². The molecule has 0 bridgehead atoms. The number of hydrogen-bond donors (Lipinski definition) is 2. The van der Waals surface area contributed by atoms with Gasteiger partial charge in [-0.3, -0.25) is 4.79 Å². The van der Waals surface area contributed by atoms with Crippen LogP contribution in [0.1, 0.15) is 40.9 Å². The largest absolute Gasteiger partial charge is 0.475 e. The number of furan rings is 1. The lowest BCUT2D eigenvalue weighted by Crippen LogP contribution is -2.43. The third-order valence-corrected chi connectivity index (χ3v) is 2.75. The summed E-state index contributed by atoms with van der Waals surface area (Å²) in [6, 6.07) is 2.85. The molecule has 1 aromatic heterocycles. The number of aromatic carboxylic acids is 1. The summed E-state index contributed by atoms with van der Waals surface area (Å²) in [5.74, 6) is -1.03. The van der Waals surface area contributed by atoms with Crippen LogP contribution >= 0.6 is 0 Å². The van der Waals surface area contributed by atoms with E-state index in [9.17, 15) is 9.59 Å². The van der Waals surface area contributed by atoms with E-state index in [1.165, 1.54) is 12.1 Å². The maximum atomic E-state index is 11.6. The molecule has 1 saturated carbocycles. The van der Waals surface area contributed by atoms with Gasteiger partial charge < -0.3 is 14.8 Å². The Labute approximate surface area is 92.4 Å². The van der Waals surface area contributed by atoms with Crippen molar-refractivity contribution in [3.8, 4) is 0 Å². The summed E-state index contributed by atoms with van der Waals surface area (Å²) in [6.45, 7) is 2.12. The molecular formula is C11H13NO4. The molecule has 5 nitrogen and oxygen atoms in total. The summed E-state index contributed by atoms with van der Waals surface area (Å²) in [5, 5.41) is 11.4. The van der Waals surface area contributed by atoms with Crippen molar-refractivity contribution in [2.75, 3.05) is 0 Å². The van der Waals surface area contributed by atoms with Crippen LogP contribution in [0.2, 0.25) is 0 Å². The third kappa shape index (κ3) is 2.08. The fraction of sp³-hybridized carbons (Fsp3) is 0.455. The molecule has 0 aliphatic heterocycles. The van der Waals surface area contributed by atoms with E-state index in [4.69, 9.17) is 9.52 Å². The molecule has 2 N–H and O–H groups in total. The molecule has 2 rings (SSSR count). The predicted octanol–water partition coefficient (Wildman–Crippen LogP) is 1.51. The second-order valence-corrected chi connectivity index (χ2v) is 4.22. The molecule has 0 spiro atoms. The number of carboxylic acid groups (broad SMARTS) is 1. The monoisotopic (exact) mass is 223 g/mol. The summed E-state index contributed by atoms with van der Waals surface area (Å²) >= 11 is 0. The predicted molar refractivity (Wildman–Crippen MR) is 55.3 cm³/mol. The molecule has 0 aromatic carbocycles. The Bertz CT molecular complexity index is 417. The van der Waals surface area contributed by atoms with Gasteiger partial charge in [-0.15, -0.1) is 0 Å². The van der Waals surface area contributed by atoms with Crippen molar-refractivity contribution in [2.45, 2.75) is 25.8 Å². The topological polar surface area (TPSA) is 79.5 Å². The highest BCUT2D eigenvalue weighted by Crippen LogP contribution is 2.26. The maximum absolute atomic E-state index is 11.6. The van der Waals surface area contributed by atoms with Gasteiger partial charge in [0, 0.05) is 6.04 Å². The molecule has 0 saturated heterocycles. The smallest absolute Gasteiger partial charge is 0.371 e. The summed E-state index contributed by atoms with van der Waals surface area (Å²) in [4.78, 5) is 22.1. The standard InChI is InChI=1S/C11H13NO4/c1-6-4-7(5-6)12-10(13)8-2-3-9(16-8)11(14)15/h2-3,6-7H,4-5H2,1H3,(H,12,13)(H,14,15). The van der Waals surface area contributed by atoms with E-state index >= 15 is 0 Å². The first-order valence-corrected chi connectivity index (χ1v) is 5.20. The van der Waals surface area contributed by atoms with E-state index in [-0.39, 0.29) is 23.5 Å². The first-order valence-electron chi connectivity index (χ1n) is 5.20. The molecule has 5 heteroatoms. The molecule has 1 aliphatic rings. The minimum absolute atomic E-state index is 0.0527.